The van der Waals surface area contributed by atoms with Crippen LogP contribution in [0.15, 0.2) is 42.6 Å². The number of carbonyl (C=O) groups is 3. The largest absolute Gasteiger partial charge is 0.492 e. The Bertz CT molecular complexity index is 1150. The molecule has 3 heterocycles. The lowest BCUT2D eigenvalue weighted by Crippen LogP contribution is -2.61. The Kier molecular flexibility index (Phi) is 8.69. The number of aliphatic carboxylic acids is 1. The maximum atomic E-state index is 11.7. The van der Waals surface area contributed by atoms with Crippen molar-refractivity contribution in [3.63, 3.8) is 0 Å². The van der Waals surface area contributed by atoms with Gasteiger partial charge in [0.05, 0.1) is 18.0 Å². The quantitative estimate of drug-likeness (QED) is 0.261. The second-order valence-electron chi connectivity index (χ2n) is 8.71. The van der Waals surface area contributed by atoms with Gasteiger partial charge in [-0.2, -0.15) is 0 Å². The Hall–Kier alpha value is -3.43. The average molecular weight is 550 g/mol. The fraction of sp³-hybridized carbons (Fsp3) is 0.417. The third-order valence-electron chi connectivity index (χ3n) is 5.98. The topological polar surface area (TPSA) is 188 Å². The van der Waals surface area contributed by atoms with E-state index >= 15 is 0 Å². The predicted molar refractivity (Wildman–Crippen MR) is 133 cm³/mol. The van der Waals surface area contributed by atoms with Crippen molar-refractivity contribution in [2.45, 2.75) is 42.4 Å². The molecule has 14 heteroatoms. The van der Waals surface area contributed by atoms with Crippen LogP contribution in [-0.4, -0.2) is 98.7 Å². The van der Waals surface area contributed by atoms with Crippen LogP contribution in [0.4, 0.5) is 10.6 Å². The molecular formula is C24H27N3O10S. The van der Waals surface area contributed by atoms with E-state index in [1.54, 1.807) is 18.2 Å². The van der Waals surface area contributed by atoms with Gasteiger partial charge < -0.3 is 39.5 Å². The molecule has 0 aliphatic carbocycles. The molecule has 2 fully saturated rings. The Morgan fingerprint density at radius 2 is 1.79 bits per heavy atom. The number of anilines is 1. The number of nitrogens with zero attached hydrogens (tertiary/aromatic N) is 2. The van der Waals surface area contributed by atoms with Crippen molar-refractivity contribution in [3.8, 4) is 11.5 Å². The molecule has 2 saturated heterocycles. The Labute approximate surface area is 221 Å². The standard InChI is InChI=1S/C24H27N3O10S/c1-27(8-9-35-13-4-2-12(3-5-13)10-15-21(31)26-24(34)38-15)16-7-6-14(11-25-16)36-23-19(30)17(28)18(29)20(37-23)22(32)33/h2-7,11,15,17-20,23,28-30H,8-10H2,1H3,(H,32,33)(H,26,31,34)/t15?,17?,18-,19?,20?,23+/m0/s1. The van der Waals surface area contributed by atoms with Crippen LogP contribution in [0, 0.1) is 0 Å². The number of carbonyl (C=O) groups excluding carboxylic acids is 2. The molecule has 4 unspecified atom stereocenters. The van der Waals surface area contributed by atoms with Gasteiger partial charge in [-0.1, -0.05) is 23.9 Å². The van der Waals surface area contributed by atoms with Crippen LogP contribution in [0.1, 0.15) is 5.56 Å². The van der Waals surface area contributed by atoms with E-state index in [2.05, 4.69) is 10.3 Å². The minimum atomic E-state index is -1.80. The summed E-state index contributed by atoms with van der Waals surface area (Å²) in [5.41, 5.74) is 0.915. The summed E-state index contributed by atoms with van der Waals surface area (Å²) in [5.74, 6) is -0.381. The number of amides is 2. The molecule has 6 atom stereocenters. The zero-order valence-electron chi connectivity index (χ0n) is 20.2. The first-order valence-corrected chi connectivity index (χ1v) is 12.5. The number of aliphatic hydroxyl groups is 3. The number of likely N-dealkylation sites (N-methyl/N-ethyl adjacent to an activating group) is 1. The maximum absolute atomic E-state index is 11.7. The highest BCUT2D eigenvalue weighted by atomic mass is 32.2. The number of carboxylic acid groups (broad SMARTS) is 1. The number of carboxylic acids is 1. The Morgan fingerprint density at radius 3 is 2.39 bits per heavy atom. The second-order valence-corrected chi connectivity index (χ2v) is 9.88. The van der Waals surface area contributed by atoms with Crippen LogP contribution in [0.2, 0.25) is 0 Å². The molecule has 5 N–H and O–H groups in total. The number of hydrogen-bond donors (Lipinski definition) is 5. The predicted octanol–water partition coefficient (Wildman–Crippen LogP) is -0.238. The molecule has 0 saturated carbocycles. The first-order chi connectivity index (χ1) is 18.1. The van der Waals surface area contributed by atoms with E-state index in [0.29, 0.717) is 31.1 Å². The van der Waals surface area contributed by atoms with Crippen molar-refractivity contribution in [1.82, 2.24) is 10.3 Å². The molecule has 2 aliphatic heterocycles. The van der Waals surface area contributed by atoms with Crippen LogP contribution in [0.25, 0.3) is 0 Å². The molecule has 0 spiro atoms. The SMILES string of the molecule is CN(CCOc1ccc(CC2SC(=O)NC2=O)cc1)c1ccc(O[C@@H]2OC(C(=O)O)[C@@H](O)C(O)C2O)cn1. The Balaban J connectivity index is 1.24. The van der Waals surface area contributed by atoms with E-state index in [9.17, 15) is 29.7 Å². The Morgan fingerprint density at radius 1 is 1.08 bits per heavy atom. The summed E-state index contributed by atoms with van der Waals surface area (Å²) in [7, 11) is 1.81. The fourth-order valence-electron chi connectivity index (χ4n) is 3.83. The summed E-state index contributed by atoms with van der Waals surface area (Å²) < 4.78 is 16.3. The van der Waals surface area contributed by atoms with Gasteiger partial charge in [-0.15, -0.1) is 0 Å². The van der Waals surface area contributed by atoms with Gasteiger partial charge in [0.1, 0.15) is 42.2 Å². The van der Waals surface area contributed by atoms with Crippen molar-refractivity contribution < 1.29 is 49.0 Å². The normalized spacial score (nSPS) is 27.1. The molecule has 13 nitrogen and oxygen atoms in total. The van der Waals surface area contributed by atoms with Gasteiger partial charge >= 0.3 is 5.97 Å². The number of pyridine rings is 1. The van der Waals surface area contributed by atoms with Crippen LogP contribution in [-0.2, 0) is 20.7 Å². The zero-order valence-corrected chi connectivity index (χ0v) is 21.0. The number of nitrogens with one attached hydrogen (secondary N) is 1. The van der Waals surface area contributed by atoms with Crippen LogP contribution in [0.3, 0.4) is 0 Å². The summed E-state index contributed by atoms with van der Waals surface area (Å²) in [6.07, 6.45) is -6.70. The number of imide groups is 1. The van der Waals surface area contributed by atoms with Gasteiger partial charge in [-0.3, -0.25) is 14.9 Å². The summed E-state index contributed by atoms with van der Waals surface area (Å²) in [6.45, 7) is 0.842. The first kappa shape index (κ1) is 27.6. The lowest BCUT2D eigenvalue weighted by molar-refractivity contribution is -0.271. The van der Waals surface area contributed by atoms with Crippen molar-refractivity contribution in [2.24, 2.45) is 0 Å². The third kappa shape index (κ3) is 6.52. The zero-order chi connectivity index (χ0) is 27.4. The molecule has 4 rings (SSSR count). The number of rotatable bonds is 10. The van der Waals surface area contributed by atoms with Gasteiger partial charge in [0.2, 0.25) is 12.2 Å². The minimum absolute atomic E-state index is 0.160. The van der Waals surface area contributed by atoms with Crippen molar-refractivity contribution in [3.05, 3.63) is 48.2 Å². The van der Waals surface area contributed by atoms with Gasteiger partial charge in [0.15, 0.2) is 6.10 Å². The average Bonchev–Trinajstić information content (AvgIpc) is 3.21. The van der Waals surface area contributed by atoms with Crippen molar-refractivity contribution in [2.75, 3.05) is 25.1 Å². The van der Waals surface area contributed by atoms with E-state index in [4.69, 9.17) is 19.3 Å². The monoisotopic (exact) mass is 549 g/mol. The molecule has 0 radical (unpaired) electrons. The summed E-state index contributed by atoms with van der Waals surface area (Å²) in [6, 6.07) is 10.5. The molecule has 2 amide bonds. The maximum Gasteiger partial charge on any atom is 0.335 e. The molecule has 0 bridgehead atoms. The summed E-state index contributed by atoms with van der Waals surface area (Å²) >= 11 is 0.990. The van der Waals surface area contributed by atoms with E-state index in [1.807, 2.05) is 24.1 Å². The molecular weight excluding hydrogens is 522 g/mol. The fourth-order valence-corrected chi connectivity index (χ4v) is 4.69. The highest BCUT2D eigenvalue weighted by molar-refractivity contribution is 8.15. The molecule has 38 heavy (non-hydrogen) atoms. The highest BCUT2D eigenvalue weighted by Crippen LogP contribution is 2.26. The second kappa shape index (κ2) is 12.0. The third-order valence-corrected chi connectivity index (χ3v) is 6.97. The van der Waals surface area contributed by atoms with E-state index in [0.717, 1.165) is 17.3 Å². The smallest absolute Gasteiger partial charge is 0.335 e. The van der Waals surface area contributed by atoms with Gasteiger partial charge in [0.25, 0.3) is 5.24 Å². The van der Waals surface area contributed by atoms with Crippen LogP contribution >= 0.6 is 11.8 Å². The van der Waals surface area contributed by atoms with Gasteiger partial charge in [0, 0.05) is 7.05 Å². The van der Waals surface area contributed by atoms with Crippen molar-refractivity contribution in [1.29, 1.82) is 0 Å². The number of aromatic nitrogens is 1. The van der Waals surface area contributed by atoms with E-state index in [1.165, 1.54) is 12.3 Å². The van der Waals surface area contributed by atoms with E-state index in [-0.39, 0.29) is 16.9 Å². The molecule has 2 aromatic rings. The number of benzene rings is 1. The lowest BCUT2D eigenvalue weighted by atomic mass is 9.99. The number of thioether (sulfide) groups is 1. The van der Waals surface area contributed by atoms with E-state index < -0.39 is 41.9 Å². The van der Waals surface area contributed by atoms with Crippen LogP contribution in [0.5, 0.6) is 11.5 Å². The number of hydrogen-bond acceptors (Lipinski definition) is 12. The van der Waals surface area contributed by atoms with Gasteiger partial charge in [-0.05, 0) is 36.2 Å². The lowest BCUT2D eigenvalue weighted by Gasteiger charge is -2.38. The molecule has 1 aromatic heterocycles. The van der Waals surface area contributed by atoms with Gasteiger partial charge in [-0.25, -0.2) is 9.78 Å². The minimum Gasteiger partial charge on any atom is -0.492 e. The summed E-state index contributed by atoms with van der Waals surface area (Å²) in [5, 5.41) is 40.4. The molecule has 2 aliphatic rings. The van der Waals surface area contributed by atoms with Crippen LogP contribution < -0.4 is 19.7 Å². The first-order valence-electron chi connectivity index (χ1n) is 11.6. The van der Waals surface area contributed by atoms with Crippen molar-refractivity contribution >= 4 is 34.7 Å². The highest BCUT2D eigenvalue weighted by Gasteiger charge is 2.48. The molecule has 204 valence electrons. The number of ether oxygens (including phenoxy) is 3. The molecule has 1 aromatic carbocycles. The summed E-state index contributed by atoms with van der Waals surface area (Å²) in [4.78, 5) is 40.3. The number of aliphatic hydroxyl groups excluding tert-OH is 3.